The molecule has 1 saturated carbocycles. The highest BCUT2D eigenvalue weighted by Gasteiger charge is 2.48. The number of amides is 1. The number of hydrogen-bond donors (Lipinski definition) is 2. The fraction of sp³-hybridized carbons (Fsp3) is 0.923. The van der Waals surface area contributed by atoms with Crippen molar-refractivity contribution in [3.63, 3.8) is 0 Å². The molecule has 0 aromatic carbocycles. The van der Waals surface area contributed by atoms with E-state index in [2.05, 4.69) is 17.6 Å². The lowest BCUT2D eigenvalue weighted by Crippen LogP contribution is -2.33. The number of carbonyl (C=O) groups is 1. The standard InChI is InChI=1S/C13H24N2O/c1-2-5-13(6-7-13)12(16)15-9-4-11-3-8-14-10-11/h11,14H,2-10H2,1H3,(H,15,16). The number of nitrogens with one attached hydrogen (secondary N) is 2. The maximum atomic E-state index is 12.0. The van der Waals surface area contributed by atoms with Crippen molar-refractivity contribution in [3.05, 3.63) is 0 Å². The zero-order valence-corrected chi connectivity index (χ0v) is 10.3. The van der Waals surface area contributed by atoms with Crippen molar-refractivity contribution in [2.45, 2.75) is 45.4 Å². The summed E-state index contributed by atoms with van der Waals surface area (Å²) in [5, 5.41) is 6.49. The first-order chi connectivity index (χ1) is 7.77. The Morgan fingerprint density at radius 1 is 1.50 bits per heavy atom. The minimum atomic E-state index is 0.0443. The van der Waals surface area contributed by atoms with Gasteiger partial charge in [-0.3, -0.25) is 4.79 Å². The molecule has 2 aliphatic rings. The molecule has 1 unspecified atom stereocenters. The Balaban J connectivity index is 1.63. The van der Waals surface area contributed by atoms with Crippen molar-refractivity contribution < 1.29 is 4.79 Å². The maximum absolute atomic E-state index is 12.0. The molecule has 0 aromatic heterocycles. The molecule has 2 fully saturated rings. The average Bonchev–Trinajstić information content (AvgIpc) is 2.88. The van der Waals surface area contributed by atoms with E-state index in [1.54, 1.807) is 0 Å². The summed E-state index contributed by atoms with van der Waals surface area (Å²) in [6, 6.07) is 0. The zero-order valence-electron chi connectivity index (χ0n) is 10.3. The van der Waals surface area contributed by atoms with Gasteiger partial charge >= 0.3 is 0 Å². The van der Waals surface area contributed by atoms with Gasteiger partial charge < -0.3 is 10.6 Å². The first kappa shape index (κ1) is 11.9. The van der Waals surface area contributed by atoms with Crippen molar-refractivity contribution in [1.82, 2.24) is 10.6 Å². The minimum absolute atomic E-state index is 0.0443. The average molecular weight is 224 g/mol. The second-order valence-corrected chi connectivity index (χ2v) is 5.43. The molecule has 2 rings (SSSR count). The SMILES string of the molecule is CCCC1(C(=O)NCCC2CCNC2)CC1. The van der Waals surface area contributed by atoms with Gasteiger partial charge in [0.05, 0.1) is 0 Å². The first-order valence-corrected chi connectivity index (χ1v) is 6.76. The van der Waals surface area contributed by atoms with Crippen LogP contribution in [-0.2, 0) is 4.79 Å². The van der Waals surface area contributed by atoms with E-state index in [-0.39, 0.29) is 5.41 Å². The Labute approximate surface area is 98.4 Å². The van der Waals surface area contributed by atoms with E-state index in [0.717, 1.165) is 57.7 Å². The highest BCUT2D eigenvalue weighted by molar-refractivity contribution is 5.85. The first-order valence-electron chi connectivity index (χ1n) is 6.76. The van der Waals surface area contributed by atoms with E-state index in [0.29, 0.717) is 5.91 Å². The van der Waals surface area contributed by atoms with Gasteiger partial charge in [0.15, 0.2) is 0 Å². The van der Waals surface area contributed by atoms with Crippen LogP contribution in [0.15, 0.2) is 0 Å². The summed E-state index contributed by atoms with van der Waals surface area (Å²) in [5.74, 6) is 1.10. The van der Waals surface area contributed by atoms with E-state index in [1.807, 2.05) is 0 Å². The van der Waals surface area contributed by atoms with Crippen LogP contribution in [0.25, 0.3) is 0 Å². The van der Waals surface area contributed by atoms with Gasteiger partial charge in [0.2, 0.25) is 5.91 Å². The summed E-state index contributed by atoms with van der Waals surface area (Å²) in [4.78, 5) is 12.0. The Kier molecular flexibility index (Phi) is 3.85. The molecule has 0 spiro atoms. The highest BCUT2D eigenvalue weighted by Crippen LogP contribution is 2.49. The predicted octanol–water partition coefficient (Wildman–Crippen LogP) is 1.68. The van der Waals surface area contributed by atoms with Crippen molar-refractivity contribution in [3.8, 4) is 0 Å². The van der Waals surface area contributed by atoms with Gasteiger partial charge in [0, 0.05) is 12.0 Å². The summed E-state index contributed by atoms with van der Waals surface area (Å²) in [6.45, 7) is 5.32. The zero-order chi connectivity index (χ0) is 11.4. The van der Waals surface area contributed by atoms with Crippen molar-refractivity contribution >= 4 is 5.91 Å². The molecule has 1 amide bonds. The predicted molar refractivity (Wildman–Crippen MR) is 65.2 cm³/mol. The summed E-state index contributed by atoms with van der Waals surface area (Å²) in [6.07, 6.45) is 6.83. The second kappa shape index (κ2) is 5.17. The van der Waals surface area contributed by atoms with Gasteiger partial charge in [-0.05, 0) is 51.1 Å². The number of hydrogen-bond acceptors (Lipinski definition) is 2. The molecule has 0 radical (unpaired) electrons. The van der Waals surface area contributed by atoms with E-state index in [4.69, 9.17) is 0 Å². The third-order valence-electron chi connectivity index (χ3n) is 4.06. The quantitative estimate of drug-likeness (QED) is 0.721. The van der Waals surface area contributed by atoms with E-state index in [9.17, 15) is 4.79 Å². The lowest BCUT2D eigenvalue weighted by molar-refractivity contribution is -0.126. The normalized spacial score (nSPS) is 26.7. The Morgan fingerprint density at radius 3 is 2.88 bits per heavy atom. The van der Waals surface area contributed by atoms with Gasteiger partial charge in [-0.25, -0.2) is 0 Å². The summed E-state index contributed by atoms with van der Waals surface area (Å²) >= 11 is 0. The van der Waals surface area contributed by atoms with Gasteiger partial charge in [0.25, 0.3) is 0 Å². The number of rotatable bonds is 6. The maximum Gasteiger partial charge on any atom is 0.226 e. The van der Waals surface area contributed by atoms with Gasteiger partial charge in [-0.2, -0.15) is 0 Å². The molecule has 3 nitrogen and oxygen atoms in total. The summed E-state index contributed by atoms with van der Waals surface area (Å²) in [7, 11) is 0. The molecule has 2 N–H and O–H groups in total. The summed E-state index contributed by atoms with van der Waals surface area (Å²) < 4.78 is 0. The molecule has 0 aromatic rings. The monoisotopic (exact) mass is 224 g/mol. The lowest BCUT2D eigenvalue weighted by Gasteiger charge is -2.15. The topological polar surface area (TPSA) is 41.1 Å². The Bertz CT molecular complexity index is 242. The molecule has 1 heterocycles. The molecule has 1 aliphatic carbocycles. The Morgan fingerprint density at radius 2 is 2.31 bits per heavy atom. The van der Waals surface area contributed by atoms with E-state index >= 15 is 0 Å². The van der Waals surface area contributed by atoms with Crippen molar-refractivity contribution in [1.29, 1.82) is 0 Å². The van der Waals surface area contributed by atoms with Crippen LogP contribution in [0, 0.1) is 11.3 Å². The third-order valence-corrected chi connectivity index (χ3v) is 4.06. The largest absolute Gasteiger partial charge is 0.356 e. The van der Waals surface area contributed by atoms with E-state index in [1.165, 1.54) is 6.42 Å². The third kappa shape index (κ3) is 2.76. The van der Waals surface area contributed by atoms with Crippen LogP contribution in [0.3, 0.4) is 0 Å². The van der Waals surface area contributed by atoms with Crippen LogP contribution in [0.4, 0.5) is 0 Å². The minimum Gasteiger partial charge on any atom is -0.356 e. The van der Waals surface area contributed by atoms with Gasteiger partial charge in [0.1, 0.15) is 0 Å². The molecular formula is C13H24N2O. The van der Waals surface area contributed by atoms with Crippen LogP contribution in [-0.4, -0.2) is 25.5 Å². The fourth-order valence-corrected chi connectivity index (χ4v) is 2.76. The highest BCUT2D eigenvalue weighted by atomic mass is 16.2. The molecule has 1 atom stereocenters. The van der Waals surface area contributed by atoms with Gasteiger partial charge in [-0.1, -0.05) is 13.3 Å². The molecule has 3 heteroatoms. The molecule has 92 valence electrons. The molecule has 16 heavy (non-hydrogen) atoms. The molecule has 1 aliphatic heterocycles. The number of carbonyl (C=O) groups excluding carboxylic acids is 1. The molecule has 0 bridgehead atoms. The van der Waals surface area contributed by atoms with Gasteiger partial charge in [-0.15, -0.1) is 0 Å². The lowest BCUT2D eigenvalue weighted by atomic mass is 9.99. The smallest absolute Gasteiger partial charge is 0.226 e. The van der Waals surface area contributed by atoms with Crippen LogP contribution >= 0.6 is 0 Å². The van der Waals surface area contributed by atoms with Crippen LogP contribution in [0.1, 0.15) is 45.4 Å². The summed E-state index contributed by atoms with van der Waals surface area (Å²) in [5.41, 5.74) is 0.0443. The molecular weight excluding hydrogens is 200 g/mol. The Hall–Kier alpha value is -0.570. The van der Waals surface area contributed by atoms with Crippen LogP contribution in [0.5, 0.6) is 0 Å². The van der Waals surface area contributed by atoms with Crippen molar-refractivity contribution in [2.75, 3.05) is 19.6 Å². The second-order valence-electron chi connectivity index (χ2n) is 5.43. The van der Waals surface area contributed by atoms with E-state index < -0.39 is 0 Å². The fourth-order valence-electron chi connectivity index (χ4n) is 2.76. The van der Waals surface area contributed by atoms with Crippen LogP contribution in [0.2, 0.25) is 0 Å². The molecule has 1 saturated heterocycles. The van der Waals surface area contributed by atoms with Crippen molar-refractivity contribution in [2.24, 2.45) is 11.3 Å². The van der Waals surface area contributed by atoms with Crippen LogP contribution < -0.4 is 10.6 Å².